The van der Waals surface area contributed by atoms with Gasteiger partial charge in [0.2, 0.25) is 0 Å². The van der Waals surface area contributed by atoms with Gasteiger partial charge in [-0.15, -0.1) is 0 Å². The monoisotopic (exact) mass is 525 g/mol. The number of esters is 1. The third kappa shape index (κ3) is 10.0. The van der Waals surface area contributed by atoms with Crippen molar-refractivity contribution in [3.8, 4) is 5.75 Å². The Kier molecular flexibility index (Phi) is 10.2. The van der Waals surface area contributed by atoms with E-state index >= 15 is 0 Å². The summed E-state index contributed by atoms with van der Waals surface area (Å²) in [6.45, 7) is 13.8. The number of carbonyl (C=O) groups excluding carboxylic acids is 2. The highest BCUT2D eigenvalue weighted by atomic mass is 16.6. The molecular formula is C31H43NO6. The van der Waals surface area contributed by atoms with E-state index in [-0.39, 0.29) is 24.4 Å². The van der Waals surface area contributed by atoms with E-state index in [0.717, 1.165) is 29.7 Å². The first-order chi connectivity index (χ1) is 17.9. The van der Waals surface area contributed by atoms with Crippen LogP contribution >= 0.6 is 0 Å². The number of rotatable bonds is 11. The summed E-state index contributed by atoms with van der Waals surface area (Å²) >= 11 is 0. The van der Waals surface area contributed by atoms with Gasteiger partial charge in [-0.2, -0.15) is 0 Å². The molecule has 7 nitrogen and oxygen atoms in total. The molecule has 3 rings (SSSR count). The summed E-state index contributed by atoms with van der Waals surface area (Å²) < 4.78 is 22.7. The van der Waals surface area contributed by atoms with Gasteiger partial charge < -0.3 is 23.8 Å². The Balaban J connectivity index is 1.55. The van der Waals surface area contributed by atoms with Gasteiger partial charge in [-0.05, 0) is 71.6 Å². The van der Waals surface area contributed by atoms with Crippen molar-refractivity contribution in [3.05, 3.63) is 65.2 Å². The number of benzene rings is 2. The molecule has 1 saturated heterocycles. The highest BCUT2D eigenvalue weighted by Gasteiger charge is 2.36. The molecule has 2 aromatic carbocycles. The van der Waals surface area contributed by atoms with Crippen LogP contribution in [0.3, 0.4) is 0 Å². The van der Waals surface area contributed by atoms with Crippen molar-refractivity contribution in [2.45, 2.75) is 84.5 Å². The van der Waals surface area contributed by atoms with Crippen LogP contribution in [0.2, 0.25) is 0 Å². The van der Waals surface area contributed by atoms with Crippen molar-refractivity contribution in [1.82, 2.24) is 4.90 Å². The second kappa shape index (κ2) is 13.1. The number of hydrogen-bond donors (Lipinski definition) is 0. The first-order valence-electron chi connectivity index (χ1n) is 13.5. The van der Waals surface area contributed by atoms with Crippen LogP contribution < -0.4 is 4.74 Å². The number of likely N-dealkylation sites (tertiary alicyclic amines) is 1. The molecule has 0 atom stereocenters. The Hall–Kier alpha value is -3.06. The quantitative estimate of drug-likeness (QED) is 0.254. The van der Waals surface area contributed by atoms with Gasteiger partial charge in [0, 0.05) is 31.2 Å². The third-order valence-corrected chi connectivity index (χ3v) is 5.91. The van der Waals surface area contributed by atoms with Gasteiger partial charge in [-0.3, -0.25) is 4.79 Å². The van der Waals surface area contributed by atoms with Crippen LogP contribution in [0, 0.1) is 0 Å². The summed E-state index contributed by atoms with van der Waals surface area (Å²) in [4.78, 5) is 26.0. The Morgan fingerprint density at radius 3 is 2.21 bits per heavy atom. The molecule has 0 saturated carbocycles. The Morgan fingerprint density at radius 2 is 1.55 bits per heavy atom. The van der Waals surface area contributed by atoms with E-state index in [1.165, 1.54) is 5.56 Å². The molecule has 2 aromatic rings. The van der Waals surface area contributed by atoms with E-state index < -0.39 is 11.2 Å². The van der Waals surface area contributed by atoms with Crippen molar-refractivity contribution in [1.29, 1.82) is 0 Å². The first kappa shape index (κ1) is 29.5. The van der Waals surface area contributed by atoms with Crippen LogP contribution in [-0.4, -0.2) is 54.5 Å². The number of amides is 1. The molecule has 0 spiro atoms. The second-order valence-corrected chi connectivity index (χ2v) is 11.8. The molecule has 1 heterocycles. The zero-order valence-electron chi connectivity index (χ0n) is 23.7. The fourth-order valence-electron chi connectivity index (χ4n) is 4.12. The summed E-state index contributed by atoms with van der Waals surface area (Å²) in [7, 11) is 0. The lowest BCUT2D eigenvalue weighted by atomic mass is 9.89. The number of hydrogen-bond acceptors (Lipinski definition) is 6. The van der Waals surface area contributed by atoms with E-state index in [1.54, 1.807) is 4.90 Å². The lowest BCUT2D eigenvalue weighted by Crippen LogP contribution is -2.50. The maximum absolute atomic E-state index is 12.4. The van der Waals surface area contributed by atoms with Crippen LogP contribution in [0.1, 0.15) is 77.0 Å². The van der Waals surface area contributed by atoms with Gasteiger partial charge in [0.25, 0.3) is 0 Å². The molecule has 0 bridgehead atoms. The molecule has 0 N–H and O–H groups in total. The maximum atomic E-state index is 12.4. The number of ether oxygens (including phenoxy) is 4. The Labute approximate surface area is 227 Å². The van der Waals surface area contributed by atoms with Gasteiger partial charge in [-0.1, -0.05) is 42.5 Å². The predicted molar refractivity (Wildman–Crippen MR) is 147 cm³/mol. The van der Waals surface area contributed by atoms with Gasteiger partial charge in [0.05, 0.1) is 13.0 Å². The number of carbonyl (C=O) groups is 2. The van der Waals surface area contributed by atoms with E-state index in [9.17, 15) is 9.59 Å². The molecule has 0 radical (unpaired) electrons. The van der Waals surface area contributed by atoms with Gasteiger partial charge in [0.15, 0.2) is 0 Å². The Morgan fingerprint density at radius 1 is 0.868 bits per heavy atom. The molecular weight excluding hydrogens is 482 g/mol. The maximum Gasteiger partial charge on any atom is 0.410 e. The largest absolute Gasteiger partial charge is 0.489 e. The van der Waals surface area contributed by atoms with Crippen molar-refractivity contribution >= 4 is 12.1 Å². The van der Waals surface area contributed by atoms with Crippen molar-refractivity contribution in [2.75, 3.05) is 26.3 Å². The third-order valence-electron chi connectivity index (χ3n) is 5.91. The molecule has 0 aliphatic carbocycles. The van der Waals surface area contributed by atoms with Crippen LogP contribution in [0.4, 0.5) is 4.79 Å². The summed E-state index contributed by atoms with van der Waals surface area (Å²) in [5.41, 5.74) is 2.43. The summed E-state index contributed by atoms with van der Waals surface area (Å²) in [5, 5.41) is 0. The highest BCUT2D eigenvalue weighted by molar-refractivity contribution is 5.70. The van der Waals surface area contributed by atoms with Gasteiger partial charge >= 0.3 is 12.1 Å². The average molecular weight is 526 g/mol. The lowest BCUT2D eigenvalue weighted by molar-refractivity contribution is -0.156. The minimum atomic E-state index is -0.513. The molecule has 1 amide bonds. The van der Waals surface area contributed by atoms with Crippen LogP contribution in [0.5, 0.6) is 5.75 Å². The van der Waals surface area contributed by atoms with E-state index in [4.69, 9.17) is 18.9 Å². The van der Waals surface area contributed by atoms with Crippen molar-refractivity contribution in [2.24, 2.45) is 0 Å². The zero-order chi connectivity index (χ0) is 27.8. The van der Waals surface area contributed by atoms with Crippen LogP contribution in [0.15, 0.2) is 48.5 Å². The zero-order valence-corrected chi connectivity index (χ0v) is 23.7. The predicted octanol–water partition coefficient (Wildman–Crippen LogP) is 6.28. The normalized spacial score (nSPS) is 14.1. The topological polar surface area (TPSA) is 74.3 Å². The SMILES string of the molecule is CC(C)(C)OC(=O)CCOCCCc1ccc(OCc2ccccc2)c(C2CN(C(=O)OC(C)(C)C)C2)c1. The van der Waals surface area contributed by atoms with Gasteiger partial charge in [0.1, 0.15) is 23.6 Å². The number of aryl methyl sites for hydroxylation is 1. The van der Waals surface area contributed by atoms with E-state index in [2.05, 4.69) is 12.1 Å². The molecule has 1 fully saturated rings. The van der Waals surface area contributed by atoms with Gasteiger partial charge in [-0.25, -0.2) is 4.79 Å². The molecule has 0 aromatic heterocycles. The van der Waals surface area contributed by atoms with Crippen molar-refractivity contribution in [3.63, 3.8) is 0 Å². The minimum Gasteiger partial charge on any atom is -0.489 e. The lowest BCUT2D eigenvalue weighted by Gasteiger charge is -2.40. The fourth-order valence-corrected chi connectivity index (χ4v) is 4.12. The number of nitrogens with zero attached hydrogens (tertiary/aromatic N) is 1. The van der Waals surface area contributed by atoms with Crippen LogP contribution in [0.25, 0.3) is 0 Å². The molecule has 7 heteroatoms. The molecule has 0 unspecified atom stereocenters. The Bertz CT molecular complexity index is 1050. The summed E-state index contributed by atoms with van der Waals surface area (Å²) in [6, 6.07) is 16.4. The molecule has 38 heavy (non-hydrogen) atoms. The molecule has 1 aliphatic heterocycles. The highest BCUT2D eigenvalue weighted by Crippen LogP contribution is 2.36. The average Bonchev–Trinajstić information content (AvgIpc) is 2.78. The molecule has 1 aliphatic rings. The second-order valence-electron chi connectivity index (χ2n) is 11.8. The summed E-state index contributed by atoms with van der Waals surface area (Å²) in [6.07, 6.45) is 1.67. The molecule has 208 valence electrons. The standard InChI is InChI=1S/C31H43NO6/c1-30(2,3)37-28(33)16-18-35-17-10-13-23-14-15-27(36-22-24-11-8-7-9-12-24)26(19-23)25-20-32(21-25)29(34)38-31(4,5)6/h7-9,11-12,14-15,19,25H,10,13,16-18,20-22H2,1-6H3. The first-order valence-corrected chi connectivity index (χ1v) is 13.5. The fraction of sp³-hybridized carbons (Fsp3) is 0.548. The minimum absolute atomic E-state index is 0.193. The van der Waals surface area contributed by atoms with E-state index in [1.807, 2.05) is 77.9 Å². The van der Waals surface area contributed by atoms with E-state index in [0.29, 0.717) is 32.9 Å². The van der Waals surface area contributed by atoms with Crippen LogP contribution in [-0.2, 0) is 32.0 Å². The summed E-state index contributed by atoms with van der Waals surface area (Å²) in [5.74, 6) is 0.799. The smallest absolute Gasteiger partial charge is 0.410 e. The van der Waals surface area contributed by atoms with Crippen molar-refractivity contribution < 1.29 is 28.5 Å².